The van der Waals surface area contributed by atoms with E-state index >= 15 is 0 Å². The highest BCUT2D eigenvalue weighted by molar-refractivity contribution is 5.55. The van der Waals surface area contributed by atoms with Gasteiger partial charge in [0.05, 0.1) is 44.7 Å². The first-order valence-corrected chi connectivity index (χ1v) is 7.20. The van der Waals surface area contributed by atoms with E-state index in [2.05, 4.69) is 15.0 Å². The molecule has 130 valence electrons. The summed E-state index contributed by atoms with van der Waals surface area (Å²) in [7, 11) is 2.90. The number of aromatic nitrogens is 4. The van der Waals surface area contributed by atoms with Crippen molar-refractivity contribution in [1.29, 1.82) is 0 Å². The van der Waals surface area contributed by atoms with Gasteiger partial charge < -0.3 is 29.5 Å². The van der Waals surface area contributed by atoms with Gasteiger partial charge >= 0.3 is 6.01 Å². The molecule has 0 radical (unpaired) electrons. The summed E-state index contributed by atoms with van der Waals surface area (Å²) in [6.07, 6.45) is -1.26. The molecule has 10 nitrogen and oxygen atoms in total. The third-order valence-electron chi connectivity index (χ3n) is 3.79. The van der Waals surface area contributed by atoms with Crippen LogP contribution < -0.4 is 9.47 Å². The predicted octanol–water partition coefficient (Wildman–Crippen LogP) is -1.03. The molecule has 1 aliphatic rings. The largest absolute Gasteiger partial charge is 0.481 e. The quantitative estimate of drug-likeness (QED) is 0.626. The number of aliphatic hydroxyl groups is 3. The van der Waals surface area contributed by atoms with Gasteiger partial charge in [0.1, 0.15) is 18.3 Å². The summed E-state index contributed by atoms with van der Waals surface area (Å²) in [6, 6.07) is 1.69. The Kier molecular flexibility index (Phi) is 4.62. The smallest absolute Gasteiger partial charge is 0.320 e. The first-order chi connectivity index (χ1) is 11.6. The molecule has 3 heterocycles. The van der Waals surface area contributed by atoms with Gasteiger partial charge in [0.15, 0.2) is 6.23 Å². The molecule has 1 aliphatic heterocycles. The van der Waals surface area contributed by atoms with Gasteiger partial charge in [0.25, 0.3) is 0 Å². The molecule has 0 bridgehead atoms. The van der Waals surface area contributed by atoms with Crippen molar-refractivity contribution in [3.63, 3.8) is 0 Å². The van der Waals surface area contributed by atoms with E-state index in [1.165, 1.54) is 31.3 Å². The monoisotopic (exact) mass is 338 g/mol. The van der Waals surface area contributed by atoms with E-state index in [9.17, 15) is 15.3 Å². The second-order valence-corrected chi connectivity index (χ2v) is 5.20. The van der Waals surface area contributed by atoms with E-state index in [0.29, 0.717) is 17.3 Å². The van der Waals surface area contributed by atoms with Crippen molar-refractivity contribution < 1.29 is 29.5 Å². The molecule has 0 aliphatic carbocycles. The highest BCUT2D eigenvalue weighted by Gasteiger charge is 2.44. The van der Waals surface area contributed by atoms with E-state index < -0.39 is 31.1 Å². The van der Waals surface area contributed by atoms with Gasteiger partial charge in [0.2, 0.25) is 5.88 Å². The first kappa shape index (κ1) is 16.6. The first-order valence-electron chi connectivity index (χ1n) is 7.20. The van der Waals surface area contributed by atoms with Crippen LogP contribution in [-0.4, -0.2) is 74.0 Å². The van der Waals surface area contributed by atoms with Crippen molar-refractivity contribution in [2.75, 3.05) is 20.8 Å². The Hall–Kier alpha value is -2.27. The Morgan fingerprint density at radius 2 is 2.00 bits per heavy atom. The second-order valence-electron chi connectivity index (χ2n) is 5.20. The molecule has 2 aromatic heterocycles. The molecular formula is C14H18N4O6. The van der Waals surface area contributed by atoms with Crippen molar-refractivity contribution in [2.45, 2.75) is 24.5 Å². The van der Waals surface area contributed by atoms with Crippen molar-refractivity contribution in [3.05, 3.63) is 18.6 Å². The fourth-order valence-corrected chi connectivity index (χ4v) is 2.55. The third-order valence-corrected chi connectivity index (χ3v) is 3.79. The van der Waals surface area contributed by atoms with Gasteiger partial charge in [-0.05, 0) is 0 Å². The molecule has 10 heteroatoms. The minimum Gasteiger partial charge on any atom is -0.481 e. The van der Waals surface area contributed by atoms with Crippen LogP contribution >= 0.6 is 0 Å². The van der Waals surface area contributed by atoms with E-state index in [0.717, 1.165) is 0 Å². The van der Waals surface area contributed by atoms with Crippen molar-refractivity contribution in [2.24, 2.45) is 0 Å². The summed E-state index contributed by atoms with van der Waals surface area (Å²) in [4.78, 5) is 12.3. The normalized spacial score (nSPS) is 26.5. The fourth-order valence-electron chi connectivity index (χ4n) is 2.55. The molecule has 2 aromatic rings. The van der Waals surface area contributed by atoms with Crippen LogP contribution in [0.4, 0.5) is 0 Å². The Balaban J connectivity index is 2.00. The minimum atomic E-state index is -1.22. The van der Waals surface area contributed by atoms with Crippen molar-refractivity contribution in [3.8, 4) is 23.3 Å². The Labute approximate surface area is 137 Å². The third kappa shape index (κ3) is 2.80. The van der Waals surface area contributed by atoms with Crippen LogP contribution in [0, 0.1) is 0 Å². The molecule has 1 fully saturated rings. The maximum atomic E-state index is 10.2. The minimum absolute atomic E-state index is 0.109. The number of hydrogen-bond acceptors (Lipinski definition) is 9. The highest BCUT2D eigenvalue weighted by Crippen LogP contribution is 2.33. The molecule has 0 aromatic carbocycles. The Morgan fingerprint density at radius 1 is 1.21 bits per heavy atom. The number of nitrogens with zero attached hydrogens (tertiary/aromatic N) is 4. The van der Waals surface area contributed by atoms with Gasteiger partial charge in [-0.1, -0.05) is 0 Å². The summed E-state index contributed by atoms with van der Waals surface area (Å²) in [5.41, 5.74) is 0.942. The van der Waals surface area contributed by atoms with Crippen molar-refractivity contribution in [1.82, 2.24) is 19.5 Å². The molecule has 0 spiro atoms. The lowest BCUT2D eigenvalue weighted by Gasteiger charge is -2.19. The standard InChI is InChI=1S/C14H18N4O6/c1-22-10-3-7(16-14(17-10)23-2)8-4-15-6-18(8)13-12(21)11(20)9(5-19)24-13/h3-4,6,9,11-13,19-21H,5H2,1-2H3/t9-,11+,12?,13-/m1/s1. The zero-order valence-corrected chi connectivity index (χ0v) is 13.1. The summed E-state index contributed by atoms with van der Waals surface area (Å²) in [5.74, 6) is 0.297. The van der Waals surface area contributed by atoms with Crippen molar-refractivity contribution >= 4 is 0 Å². The number of aliphatic hydroxyl groups excluding tert-OH is 3. The van der Waals surface area contributed by atoms with Crippen LogP contribution in [0.2, 0.25) is 0 Å². The van der Waals surface area contributed by atoms with Crippen LogP contribution in [-0.2, 0) is 4.74 Å². The second kappa shape index (κ2) is 6.69. The van der Waals surface area contributed by atoms with Crippen LogP contribution in [0.3, 0.4) is 0 Å². The lowest BCUT2D eigenvalue weighted by molar-refractivity contribution is -0.0520. The van der Waals surface area contributed by atoms with Gasteiger partial charge in [-0.15, -0.1) is 0 Å². The average Bonchev–Trinajstić information content (AvgIpc) is 3.20. The van der Waals surface area contributed by atoms with Gasteiger partial charge in [-0.25, -0.2) is 4.98 Å². The number of methoxy groups -OCH3 is 2. The Morgan fingerprint density at radius 3 is 2.62 bits per heavy atom. The summed E-state index contributed by atoms with van der Waals surface area (Å²) in [6.45, 7) is -0.409. The lowest BCUT2D eigenvalue weighted by Crippen LogP contribution is -2.33. The van der Waals surface area contributed by atoms with Gasteiger partial charge in [-0.2, -0.15) is 9.97 Å². The van der Waals surface area contributed by atoms with Crippen LogP contribution in [0.5, 0.6) is 11.9 Å². The lowest BCUT2D eigenvalue weighted by atomic mass is 10.1. The van der Waals surface area contributed by atoms with E-state index in [1.807, 2.05) is 0 Å². The maximum Gasteiger partial charge on any atom is 0.320 e. The number of imidazole rings is 1. The molecule has 3 N–H and O–H groups in total. The predicted molar refractivity (Wildman–Crippen MR) is 79.4 cm³/mol. The number of ether oxygens (including phenoxy) is 3. The molecule has 0 saturated carbocycles. The van der Waals surface area contributed by atoms with Gasteiger partial charge in [0, 0.05) is 6.07 Å². The molecule has 3 rings (SSSR count). The SMILES string of the molecule is COc1cc(-c2cncn2[C@@H]2O[C@H](CO)[C@H](O)C2O)nc(OC)n1. The molecule has 4 atom stereocenters. The van der Waals surface area contributed by atoms with Crippen LogP contribution in [0.25, 0.3) is 11.4 Å². The van der Waals surface area contributed by atoms with E-state index in [-0.39, 0.29) is 6.01 Å². The van der Waals surface area contributed by atoms with Crippen LogP contribution in [0.1, 0.15) is 6.23 Å². The highest BCUT2D eigenvalue weighted by atomic mass is 16.6. The van der Waals surface area contributed by atoms with E-state index in [4.69, 9.17) is 14.2 Å². The number of rotatable bonds is 5. The maximum absolute atomic E-state index is 10.2. The molecule has 24 heavy (non-hydrogen) atoms. The average molecular weight is 338 g/mol. The summed E-state index contributed by atoms with van der Waals surface area (Å²) < 4.78 is 17.2. The summed E-state index contributed by atoms with van der Waals surface area (Å²) >= 11 is 0. The zero-order chi connectivity index (χ0) is 17.3. The molecular weight excluding hydrogens is 320 g/mol. The number of hydrogen-bond donors (Lipinski definition) is 3. The summed E-state index contributed by atoms with van der Waals surface area (Å²) in [5, 5.41) is 29.3. The fraction of sp³-hybridized carbons (Fsp3) is 0.500. The zero-order valence-electron chi connectivity index (χ0n) is 13.1. The Bertz CT molecular complexity index is 686. The molecule has 1 saturated heterocycles. The molecule has 0 amide bonds. The molecule has 1 unspecified atom stereocenters. The topological polar surface area (TPSA) is 132 Å². The van der Waals surface area contributed by atoms with Gasteiger partial charge in [-0.3, -0.25) is 4.57 Å². The van der Waals surface area contributed by atoms with E-state index in [1.54, 1.807) is 6.07 Å². The van der Waals surface area contributed by atoms with Crippen LogP contribution in [0.15, 0.2) is 18.6 Å².